The lowest BCUT2D eigenvalue weighted by Crippen LogP contribution is -2.13. The van der Waals surface area contributed by atoms with Gasteiger partial charge in [-0.15, -0.1) is 0 Å². The van der Waals surface area contributed by atoms with E-state index in [4.69, 9.17) is 11.6 Å². The third kappa shape index (κ3) is 3.55. The number of alkyl halides is 1. The van der Waals surface area contributed by atoms with Gasteiger partial charge in [-0.25, -0.2) is 4.39 Å². The Balaban J connectivity index is 2.23. The second kappa shape index (κ2) is 6.17. The Kier molecular flexibility index (Phi) is 4.56. The molecule has 2 rings (SSSR count). The lowest BCUT2D eigenvalue weighted by molar-refractivity contribution is 0.102. The van der Waals surface area contributed by atoms with Crippen molar-refractivity contribution in [2.75, 3.05) is 5.32 Å². The van der Waals surface area contributed by atoms with Gasteiger partial charge in [0.15, 0.2) is 0 Å². The van der Waals surface area contributed by atoms with E-state index in [1.807, 2.05) is 18.2 Å². The summed E-state index contributed by atoms with van der Waals surface area (Å²) in [5, 5.41) is 3.65. The molecule has 19 heavy (non-hydrogen) atoms. The zero-order valence-corrected chi connectivity index (χ0v) is 12.1. The molecule has 98 valence electrons. The molecule has 0 spiro atoms. The number of carbonyl (C=O) groups excluding carboxylic acids is 1. The molecule has 1 amide bonds. The van der Waals surface area contributed by atoms with Gasteiger partial charge in [-0.3, -0.25) is 4.79 Å². The van der Waals surface area contributed by atoms with E-state index in [0.717, 1.165) is 5.56 Å². The highest BCUT2D eigenvalue weighted by atomic mass is 79.9. The van der Waals surface area contributed by atoms with Crippen LogP contribution in [0.1, 0.15) is 15.9 Å². The van der Waals surface area contributed by atoms with Gasteiger partial charge in [-0.1, -0.05) is 39.7 Å². The van der Waals surface area contributed by atoms with Gasteiger partial charge in [0.05, 0.1) is 5.56 Å². The normalized spacial score (nSPS) is 10.3. The molecule has 0 fully saturated rings. The summed E-state index contributed by atoms with van der Waals surface area (Å²) in [7, 11) is 0. The van der Waals surface area contributed by atoms with Gasteiger partial charge in [0, 0.05) is 16.0 Å². The van der Waals surface area contributed by atoms with Crippen LogP contribution in [-0.4, -0.2) is 5.91 Å². The fourth-order valence-electron chi connectivity index (χ4n) is 1.60. The molecule has 0 radical (unpaired) electrons. The van der Waals surface area contributed by atoms with Crippen LogP contribution in [0.2, 0.25) is 5.02 Å². The van der Waals surface area contributed by atoms with E-state index >= 15 is 0 Å². The van der Waals surface area contributed by atoms with Gasteiger partial charge < -0.3 is 5.32 Å². The van der Waals surface area contributed by atoms with Crippen LogP contribution in [0.15, 0.2) is 42.5 Å². The molecule has 0 aromatic heterocycles. The summed E-state index contributed by atoms with van der Waals surface area (Å²) in [6.45, 7) is 0. The molecule has 0 atom stereocenters. The Morgan fingerprint density at radius 2 is 2.05 bits per heavy atom. The second-order valence-corrected chi connectivity index (χ2v) is 4.91. The van der Waals surface area contributed by atoms with E-state index in [2.05, 4.69) is 21.2 Å². The molecular formula is C14H10BrClFNO. The smallest absolute Gasteiger partial charge is 0.258 e. The third-order valence-corrected chi connectivity index (χ3v) is 3.39. The van der Waals surface area contributed by atoms with Crippen LogP contribution in [-0.2, 0) is 5.33 Å². The molecule has 2 aromatic carbocycles. The van der Waals surface area contributed by atoms with E-state index in [-0.39, 0.29) is 5.56 Å². The molecule has 2 aromatic rings. The van der Waals surface area contributed by atoms with Crippen molar-refractivity contribution in [2.24, 2.45) is 0 Å². The first-order valence-corrected chi connectivity index (χ1v) is 7.01. The van der Waals surface area contributed by atoms with Gasteiger partial charge >= 0.3 is 0 Å². The lowest BCUT2D eigenvalue weighted by atomic mass is 10.2. The van der Waals surface area contributed by atoms with Gasteiger partial charge in [0.2, 0.25) is 0 Å². The number of amides is 1. The van der Waals surface area contributed by atoms with Gasteiger partial charge in [0.1, 0.15) is 5.82 Å². The minimum absolute atomic E-state index is 0.0725. The van der Waals surface area contributed by atoms with Crippen LogP contribution < -0.4 is 5.32 Å². The molecule has 5 heteroatoms. The Morgan fingerprint density at radius 3 is 2.79 bits per heavy atom. The van der Waals surface area contributed by atoms with Crippen molar-refractivity contribution in [1.29, 1.82) is 0 Å². The first-order chi connectivity index (χ1) is 9.10. The number of carbonyl (C=O) groups is 1. The molecule has 0 aliphatic carbocycles. The zero-order chi connectivity index (χ0) is 13.8. The van der Waals surface area contributed by atoms with Crippen molar-refractivity contribution < 1.29 is 9.18 Å². The fourth-order valence-corrected chi connectivity index (χ4v) is 2.12. The molecule has 0 saturated carbocycles. The predicted octanol–water partition coefficient (Wildman–Crippen LogP) is 4.63. The van der Waals surface area contributed by atoms with E-state index in [1.165, 1.54) is 18.2 Å². The number of anilines is 1. The summed E-state index contributed by atoms with van der Waals surface area (Å²) in [6.07, 6.45) is 0. The number of benzene rings is 2. The number of hydrogen-bond donors (Lipinski definition) is 1. The highest BCUT2D eigenvalue weighted by Gasteiger charge is 2.12. The monoisotopic (exact) mass is 341 g/mol. The number of halogens is 3. The van der Waals surface area contributed by atoms with Gasteiger partial charge in [0.25, 0.3) is 5.91 Å². The minimum atomic E-state index is -0.599. The average Bonchev–Trinajstić information content (AvgIpc) is 2.41. The van der Waals surface area contributed by atoms with E-state index in [1.54, 1.807) is 6.07 Å². The average molecular weight is 343 g/mol. The second-order valence-electron chi connectivity index (χ2n) is 3.91. The van der Waals surface area contributed by atoms with Crippen LogP contribution in [0.4, 0.5) is 10.1 Å². The summed E-state index contributed by atoms with van der Waals surface area (Å²) in [4.78, 5) is 12.0. The Bertz CT molecular complexity index is 618. The summed E-state index contributed by atoms with van der Waals surface area (Å²) < 4.78 is 13.5. The highest BCUT2D eigenvalue weighted by molar-refractivity contribution is 9.08. The highest BCUT2D eigenvalue weighted by Crippen LogP contribution is 2.18. The van der Waals surface area contributed by atoms with Crippen molar-refractivity contribution in [3.05, 3.63) is 64.4 Å². The number of nitrogens with one attached hydrogen (secondary N) is 1. The Hall–Kier alpha value is -1.39. The standard InChI is InChI=1S/C14H10BrClFNO/c15-8-9-2-1-3-11(6-9)18-14(19)12-7-10(16)4-5-13(12)17/h1-7H,8H2,(H,18,19). The summed E-state index contributed by atoms with van der Waals surface area (Å²) in [5.41, 5.74) is 1.56. The number of hydrogen-bond acceptors (Lipinski definition) is 1. The Labute approximate surface area is 123 Å². The molecule has 0 aliphatic heterocycles. The van der Waals surface area contributed by atoms with Crippen molar-refractivity contribution in [3.63, 3.8) is 0 Å². The first kappa shape index (κ1) is 14.0. The van der Waals surface area contributed by atoms with E-state index in [0.29, 0.717) is 16.0 Å². The van der Waals surface area contributed by atoms with Crippen LogP contribution in [0.5, 0.6) is 0 Å². The largest absolute Gasteiger partial charge is 0.322 e. The molecule has 2 nitrogen and oxygen atoms in total. The molecular weight excluding hydrogens is 333 g/mol. The SMILES string of the molecule is O=C(Nc1cccc(CBr)c1)c1cc(Cl)ccc1F. The van der Waals surface area contributed by atoms with Crippen LogP contribution in [0, 0.1) is 5.82 Å². The quantitative estimate of drug-likeness (QED) is 0.810. The molecule has 0 heterocycles. The fraction of sp³-hybridized carbons (Fsp3) is 0.0714. The predicted molar refractivity (Wildman–Crippen MR) is 78.4 cm³/mol. The topological polar surface area (TPSA) is 29.1 Å². The third-order valence-electron chi connectivity index (χ3n) is 2.51. The lowest BCUT2D eigenvalue weighted by Gasteiger charge is -2.07. The zero-order valence-electron chi connectivity index (χ0n) is 9.79. The van der Waals surface area contributed by atoms with Crippen LogP contribution >= 0.6 is 27.5 Å². The molecule has 0 unspecified atom stereocenters. The summed E-state index contributed by atoms with van der Waals surface area (Å²) in [6, 6.07) is 11.2. The van der Waals surface area contributed by atoms with Crippen molar-refractivity contribution in [1.82, 2.24) is 0 Å². The number of rotatable bonds is 3. The van der Waals surface area contributed by atoms with Crippen LogP contribution in [0.3, 0.4) is 0 Å². The van der Waals surface area contributed by atoms with Gasteiger partial charge in [-0.05, 0) is 35.9 Å². The maximum absolute atomic E-state index is 13.5. The summed E-state index contributed by atoms with van der Waals surface area (Å²) >= 11 is 9.09. The summed E-state index contributed by atoms with van der Waals surface area (Å²) in [5.74, 6) is -1.12. The minimum Gasteiger partial charge on any atom is -0.322 e. The maximum Gasteiger partial charge on any atom is 0.258 e. The molecule has 1 N–H and O–H groups in total. The van der Waals surface area contributed by atoms with E-state index < -0.39 is 11.7 Å². The Morgan fingerprint density at radius 1 is 1.26 bits per heavy atom. The maximum atomic E-state index is 13.5. The van der Waals surface area contributed by atoms with Gasteiger partial charge in [-0.2, -0.15) is 0 Å². The molecule has 0 bridgehead atoms. The van der Waals surface area contributed by atoms with Crippen molar-refractivity contribution >= 4 is 39.1 Å². The molecule has 0 aliphatic rings. The van der Waals surface area contributed by atoms with Crippen molar-refractivity contribution in [3.8, 4) is 0 Å². The first-order valence-electron chi connectivity index (χ1n) is 5.51. The van der Waals surface area contributed by atoms with Crippen molar-refractivity contribution in [2.45, 2.75) is 5.33 Å². The molecule has 0 saturated heterocycles. The van der Waals surface area contributed by atoms with E-state index in [9.17, 15) is 9.18 Å². The van der Waals surface area contributed by atoms with Crippen LogP contribution in [0.25, 0.3) is 0 Å².